The van der Waals surface area contributed by atoms with E-state index in [4.69, 9.17) is 5.11 Å². The molecule has 0 bridgehead atoms. The number of rotatable bonds is 11. The number of unbranched alkanes of at least 4 members (excludes halogenated alkanes) is 2. The van der Waals surface area contributed by atoms with Crippen LogP contribution in [-0.4, -0.2) is 49.8 Å². The van der Waals surface area contributed by atoms with Crippen molar-refractivity contribution >= 4 is 0 Å². The monoisotopic (exact) mass is 292 g/mol. The Morgan fingerprint density at radius 2 is 1.86 bits per heavy atom. The van der Waals surface area contributed by atoms with E-state index >= 15 is 0 Å². The van der Waals surface area contributed by atoms with Crippen molar-refractivity contribution in [3.05, 3.63) is 35.9 Å². The fourth-order valence-electron chi connectivity index (χ4n) is 2.84. The van der Waals surface area contributed by atoms with E-state index in [0.29, 0.717) is 6.61 Å². The van der Waals surface area contributed by atoms with Gasteiger partial charge in [-0.2, -0.15) is 0 Å². The molecule has 1 atom stereocenters. The molecule has 0 aromatic heterocycles. The minimum absolute atomic E-state index is 0.128. The molecule has 1 aromatic rings. The Hall–Kier alpha value is -0.900. The van der Waals surface area contributed by atoms with Crippen LogP contribution in [0, 0.1) is 0 Å². The Bertz CT molecular complexity index is 369. The van der Waals surface area contributed by atoms with Crippen molar-refractivity contribution in [2.75, 3.05) is 39.8 Å². The zero-order valence-electron chi connectivity index (χ0n) is 13.9. The average Bonchev–Trinajstić information content (AvgIpc) is 2.50. The van der Waals surface area contributed by atoms with Crippen LogP contribution in [0.4, 0.5) is 0 Å². The number of nitrogens with zero attached hydrogens (tertiary/aromatic N) is 1. The predicted molar refractivity (Wildman–Crippen MR) is 90.8 cm³/mol. The summed E-state index contributed by atoms with van der Waals surface area (Å²) >= 11 is 0. The molecular formula is C18H32N2O. The lowest BCUT2D eigenvalue weighted by molar-refractivity contribution is 0.238. The Balaban J connectivity index is 2.61. The summed E-state index contributed by atoms with van der Waals surface area (Å²) in [5.74, 6) is 0. The Labute approximate surface area is 130 Å². The highest BCUT2D eigenvalue weighted by Crippen LogP contribution is 2.24. The van der Waals surface area contributed by atoms with Crippen LogP contribution in [-0.2, 0) is 5.41 Å². The van der Waals surface area contributed by atoms with Crippen molar-refractivity contribution < 1.29 is 5.11 Å². The summed E-state index contributed by atoms with van der Waals surface area (Å²) in [5.41, 5.74) is 1.52. The van der Waals surface area contributed by atoms with Gasteiger partial charge in [-0.25, -0.2) is 0 Å². The predicted octanol–water partition coefficient (Wildman–Crippen LogP) is 2.65. The topological polar surface area (TPSA) is 35.5 Å². The second kappa shape index (κ2) is 9.93. The molecular weight excluding hydrogens is 260 g/mol. The average molecular weight is 292 g/mol. The van der Waals surface area contributed by atoms with Gasteiger partial charge in [0.25, 0.3) is 0 Å². The largest absolute Gasteiger partial charge is 0.396 e. The second-order valence-corrected chi connectivity index (χ2v) is 6.23. The van der Waals surface area contributed by atoms with Gasteiger partial charge in [0.1, 0.15) is 0 Å². The van der Waals surface area contributed by atoms with Crippen LogP contribution in [0.3, 0.4) is 0 Å². The maximum Gasteiger partial charge on any atom is 0.0431 e. The minimum atomic E-state index is 0.128. The van der Waals surface area contributed by atoms with Gasteiger partial charge in [0.05, 0.1) is 0 Å². The van der Waals surface area contributed by atoms with Crippen molar-refractivity contribution in [1.82, 2.24) is 10.2 Å². The molecule has 120 valence electrons. The van der Waals surface area contributed by atoms with Gasteiger partial charge in [-0.05, 0) is 45.0 Å². The van der Waals surface area contributed by atoms with Gasteiger partial charge < -0.3 is 15.3 Å². The van der Waals surface area contributed by atoms with Crippen molar-refractivity contribution in [3.63, 3.8) is 0 Å². The Morgan fingerprint density at radius 3 is 2.48 bits per heavy atom. The van der Waals surface area contributed by atoms with Crippen LogP contribution in [0.2, 0.25) is 0 Å². The number of aliphatic hydroxyl groups excluding tert-OH is 1. The molecule has 0 spiro atoms. The molecule has 0 fully saturated rings. The highest BCUT2D eigenvalue weighted by molar-refractivity contribution is 5.25. The summed E-state index contributed by atoms with van der Waals surface area (Å²) in [7, 11) is 2.20. The number of hydrogen-bond acceptors (Lipinski definition) is 3. The van der Waals surface area contributed by atoms with E-state index in [-0.39, 0.29) is 5.41 Å². The molecule has 0 saturated carbocycles. The summed E-state index contributed by atoms with van der Waals surface area (Å²) < 4.78 is 0. The van der Waals surface area contributed by atoms with Crippen molar-refractivity contribution in [2.45, 2.75) is 38.5 Å². The van der Waals surface area contributed by atoms with E-state index in [1.165, 1.54) is 5.56 Å². The summed E-state index contributed by atoms with van der Waals surface area (Å²) in [6, 6.07) is 10.8. The van der Waals surface area contributed by atoms with E-state index in [2.05, 4.69) is 61.4 Å². The van der Waals surface area contributed by atoms with E-state index in [1.807, 2.05) is 0 Å². The molecule has 1 rings (SSSR count). The molecule has 0 aliphatic heterocycles. The number of aliphatic hydroxyl groups is 1. The molecule has 21 heavy (non-hydrogen) atoms. The van der Waals surface area contributed by atoms with E-state index in [0.717, 1.165) is 45.4 Å². The first kappa shape index (κ1) is 18.1. The fraction of sp³-hybridized carbons (Fsp3) is 0.667. The van der Waals surface area contributed by atoms with Crippen LogP contribution in [0.1, 0.15) is 38.7 Å². The zero-order valence-corrected chi connectivity index (χ0v) is 13.9. The highest BCUT2D eigenvalue weighted by Gasteiger charge is 2.27. The van der Waals surface area contributed by atoms with Crippen LogP contribution >= 0.6 is 0 Å². The fourth-order valence-corrected chi connectivity index (χ4v) is 2.84. The quantitative estimate of drug-likeness (QED) is 0.616. The lowest BCUT2D eigenvalue weighted by Gasteiger charge is -2.35. The van der Waals surface area contributed by atoms with E-state index in [1.54, 1.807) is 0 Å². The summed E-state index contributed by atoms with van der Waals surface area (Å²) in [5, 5.41) is 12.4. The van der Waals surface area contributed by atoms with Gasteiger partial charge in [-0.3, -0.25) is 0 Å². The molecule has 0 aliphatic carbocycles. The normalized spacial score (nSPS) is 14.3. The summed E-state index contributed by atoms with van der Waals surface area (Å²) in [6.07, 6.45) is 3.18. The van der Waals surface area contributed by atoms with Crippen molar-refractivity contribution in [2.24, 2.45) is 0 Å². The van der Waals surface area contributed by atoms with Crippen LogP contribution in [0.15, 0.2) is 30.3 Å². The molecule has 1 aromatic carbocycles. The van der Waals surface area contributed by atoms with Crippen LogP contribution < -0.4 is 5.32 Å². The van der Waals surface area contributed by atoms with Gasteiger partial charge in [0.15, 0.2) is 0 Å². The molecule has 0 amide bonds. The first-order valence-electron chi connectivity index (χ1n) is 8.18. The van der Waals surface area contributed by atoms with E-state index < -0.39 is 0 Å². The highest BCUT2D eigenvalue weighted by atomic mass is 16.2. The number of likely N-dealkylation sites (N-methyl/N-ethyl adjacent to an activating group) is 2. The first-order chi connectivity index (χ1) is 10.1. The third kappa shape index (κ3) is 6.60. The van der Waals surface area contributed by atoms with Gasteiger partial charge >= 0.3 is 0 Å². The minimum Gasteiger partial charge on any atom is -0.396 e. The third-order valence-corrected chi connectivity index (χ3v) is 4.05. The second-order valence-electron chi connectivity index (χ2n) is 6.23. The number of nitrogens with one attached hydrogen (secondary N) is 1. The molecule has 1 unspecified atom stereocenters. The van der Waals surface area contributed by atoms with Crippen LogP contribution in [0.25, 0.3) is 0 Å². The smallest absolute Gasteiger partial charge is 0.0431 e. The molecule has 0 radical (unpaired) electrons. The number of benzene rings is 1. The SMILES string of the molecule is CCNCC(C)(CN(C)CCCCCO)c1ccccc1. The zero-order chi connectivity index (χ0) is 15.6. The van der Waals surface area contributed by atoms with Crippen molar-refractivity contribution in [3.8, 4) is 0 Å². The molecule has 0 heterocycles. The Kier molecular flexibility index (Phi) is 8.58. The maximum absolute atomic E-state index is 8.84. The van der Waals surface area contributed by atoms with Gasteiger partial charge in [-0.1, -0.05) is 44.2 Å². The van der Waals surface area contributed by atoms with Crippen LogP contribution in [0.5, 0.6) is 0 Å². The molecule has 3 heteroatoms. The molecule has 3 nitrogen and oxygen atoms in total. The van der Waals surface area contributed by atoms with Gasteiger partial charge in [-0.15, -0.1) is 0 Å². The molecule has 0 aliphatic rings. The van der Waals surface area contributed by atoms with Gasteiger partial charge in [0.2, 0.25) is 0 Å². The first-order valence-corrected chi connectivity index (χ1v) is 8.18. The molecule has 0 saturated heterocycles. The maximum atomic E-state index is 8.84. The van der Waals surface area contributed by atoms with Crippen molar-refractivity contribution in [1.29, 1.82) is 0 Å². The lowest BCUT2D eigenvalue weighted by atomic mass is 9.81. The molecule has 2 N–H and O–H groups in total. The summed E-state index contributed by atoms with van der Waals surface area (Å²) in [4.78, 5) is 2.42. The Morgan fingerprint density at radius 1 is 1.14 bits per heavy atom. The third-order valence-electron chi connectivity index (χ3n) is 4.05. The van der Waals surface area contributed by atoms with E-state index in [9.17, 15) is 0 Å². The van der Waals surface area contributed by atoms with Gasteiger partial charge in [0, 0.05) is 25.1 Å². The lowest BCUT2D eigenvalue weighted by Crippen LogP contribution is -2.44. The standard InChI is InChI=1S/C18H32N2O/c1-4-19-15-18(2,17-11-7-5-8-12-17)16-20(3)13-9-6-10-14-21/h5,7-8,11-12,19,21H,4,6,9-10,13-16H2,1-3H3. The number of hydrogen-bond donors (Lipinski definition) is 2. The summed E-state index contributed by atoms with van der Waals surface area (Å²) in [6.45, 7) is 8.94.